The van der Waals surface area contributed by atoms with Crippen molar-refractivity contribution in [2.45, 2.75) is 70.5 Å². The second kappa shape index (κ2) is 6.50. The van der Waals surface area contributed by atoms with Gasteiger partial charge < -0.3 is 9.73 Å². The standard InChI is InChI=1S/C15H26N2O3S/c1-5-13-8-7-11(3)17(13)21(18,19)15-9-14(10-16-6-2)20-12(15)4/h9,11,13,16H,5-8,10H2,1-4H3. The van der Waals surface area contributed by atoms with Crippen LogP contribution in [0.1, 0.15) is 51.6 Å². The number of furan rings is 1. The van der Waals surface area contributed by atoms with Crippen molar-refractivity contribution >= 4 is 10.0 Å². The van der Waals surface area contributed by atoms with Gasteiger partial charge in [0.1, 0.15) is 16.4 Å². The molecule has 0 aromatic carbocycles. The third-order valence-corrected chi connectivity index (χ3v) is 6.39. The molecule has 6 heteroatoms. The quantitative estimate of drug-likeness (QED) is 0.877. The number of hydrogen-bond donors (Lipinski definition) is 1. The van der Waals surface area contributed by atoms with Crippen molar-refractivity contribution in [1.29, 1.82) is 0 Å². The fraction of sp³-hybridized carbons (Fsp3) is 0.733. The number of aryl methyl sites for hydroxylation is 1. The molecule has 2 atom stereocenters. The summed E-state index contributed by atoms with van der Waals surface area (Å²) in [5.74, 6) is 1.16. The maximum Gasteiger partial charge on any atom is 0.247 e. The third kappa shape index (κ3) is 3.17. The van der Waals surface area contributed by atoms with Crippen LogP contribution >= 0.6 is 0 Å². The van der Waals surface area contributed by atoms with Crippen molar-refractivity contribution in [2.75, 3.05) is 6.54 Å². The van der Waals surface area contributed by atoms with E-state index < -0.39 is 10.0 Å². The Labute approximate surface area is 127 Å². The topological polar surface area (TPSA) is 62.6 Å². The van der Waals surface area contributed by atoms with Crippen LogP contribution in [0.3, 0.4) is 0 Å². The summed E-state index contributed by atoms with van der Waals surface area (Å²) in [4.78, 5) is 0.322. The molecule has 0 aliphatic carbocycles. The van der Waals surface area contributed by atoms with Crippen LogP contribution in [-0.2, 0) is 16.6 Å². The molecule has 120 valence electrons. The highest BCUT2D eigenvalue weighted by Crippen LogP contribution is 2.34. The van der Waals surface area contributed by atoms with Gasteiger partial charge in [0.25, 0.3) is 0 Å². The summed E-state index contributed by atoms with van der Waals surface area (Å²) in [6, 6.07) is 1.84. The lowest BCUT2D eigenvalue weighted by Gasteiger charge is -2.26. The molecule has 0 radical (unpaired) electrons. The van der Waals surface area contributed by atoms with Gasteiger partial charge in [0.05, 0.1) is 6.54 Å². The van der Waals surface area contributed by atoms with E-state index in [2.05, 4.69) is 5.32 Å². The molecule has 1 aromatic heterocycles. The molecular formula is C15H26N2O3S. The van der Waals surface area contributed by atoms with Gasteiger partial charge in [0, 0.05) is 18.2 Å². The number of sulfonamides is 1. The Balaban J connectivity index is 2.33. The predicted octanol–water partition coefficient (Wildman–Crippen LogP) is 2.65. The molecule has 1 saturated heterocycles. The first-order valence-electron chi connectivity index (χ1n) is 7.75. The minimum absolute atomic E-state index is 0.0615. The molecule has 5 nitrogen and oxygen atoms in total. The van der Waals surface area contributed by atoms with Crippen molar-refractivity contribution in [2.24, 2.45) is 0 Å². The van der Waals surface area contributed by atoms with E-state index in [0.29, 0.717) is 23.0 Å². The summed E-state index contributed by atoms with van der Waals surface area (Å²) in [7, 11) is -3.47. The van der Waals surface area contributed by atoms with E-state index in [1.807, 2.05) is 20.8 Å². The lowest BCUT2D eigenvalue weighted by atomic mass is 10.2. The second-order valence-corrected chi connectivity index (χ2v) is 7.55. The van der Waals surface area contributed by atoms with Crippen LogP contribution in [0.2, 0.25) is 0 Å². The molecular weight excluding hydrogens is 288 g/mol. The molecule has 0 saturated carbocycles. The maximum absolute atomic E-state index is 13.0. The van der Waals surface area contributed by atoms with Crippen LogP contribution in [0.25, 0.3) is 0 Å². The second-order valence-electron chi connectivity index (χ2n) is 5.74. The fourth-order valence-corrected chi connectivity index (χ4v) is 5.23. The average Bonchev–Trinajstić information content (AvgIpc) is 3.00. The Morgan fingerprint density at radius 2 is 2.10 bits per heavy atom. The van der Waals surface area contributed by atoms with Gasteiger partial charge in [-0.1, -0.05) is 13.8 Å². The Morgan fingerprint density at radius 1 is 1.38 bits per heavy atom. The number of hydrogen-bond acceptors (Lipinski definition) is 4. The van der Waals surface area contributed by atoms with E-state index >= 15 is 0 Å². The van der Waals surface area contributed by atoms with E-state index in [0.717, 1.165) is 25.8 Å². The molecule has 0 bridgehead atoms. The summed E-state index contributed by atoms with van der Waals surface area (Å²) >= 11 is 0. The minimum atomic E-state index is -3.47. The van der Waals surface area contributed by atoms with Gasteiger partial charge >= 0.3 is 0 Å². The van der Waals surface area contributed by atoms with Gasteiger partial charge in [0.2, 0.25) is 10.0 Å². The van der Waals surface area contributed by atoms with Gasteiger partial charge in [0.15, 0.2) is 0 Å². The molecule has 0 amide bonds. The zero-order chi connectivity index (χ0) is 15.6. The Morgan fingerprint density at radius 3 is 2.71 bits per heavy atom. The van der Waals surface area contributed by atoms with E-state index in [1.165, 1.54) is 0 Å². The van der Waals surface area contributed by atoms with Crippen molar-refractivity contribution in [1.82, 2.24) is 9.62 Å². The SMILES string of the molecule is CCNCc1cc(S(=O)(=O)N2C(C)CCC2CC)c(C)o1. The monoisotopic (exact) mass is 314 g/mol. The Hall–Kier alpha value is -0.850. The highest BCUT2D eigenvalue weighted by atomic mass is 32.2. The lowest BCUT2D eigenvalue weighted by Crippen LogP contribution is -2.39. The van der Waals surface area contributed by atoms with Crippen molar-refractivity contribution in [3.8, 4) is 0 Å². The molecule has 2 heterocycles. The predicted molar refractivity (Wildman–Crippen MR) is 82.6 cm³/mol. The summed E-state index contributed by atoms with van der Waals surface area (Å²) in [6.07, 6.45) is 2.72. The van der Waals surface area contributed by atoms with Crippen molar-refractivity contribution < 1.29 is 12.8 Å². The number of nitrogens with one attached hydrogen (secondary N) is 1. The van der Waals surface area contributed by atoms with Crippen LogP contribution in [0.4, 0.5) is 0 Å². The van der Waals surface area contributed by atoms with Gasteiger partial charge in [-0.3, -0.25) is 0 Å². The molecule has 1 aliphatic rings. The smallest absolute Gasteiger partial charge is 0.247 e. The van der Waals surface area contributed by atoms with Crippen LogP contribution in [0, 0.1) is 6.92 Å². The summed E-state index contributed by atoms with van der Waals surface area (Å²) in [5, 5.41) is 3.15. The first-order chi connectivity index (χ1) is 9.91. The van der Waals surface area contributed by atoms with E-state index in [1.54, 1.807) is 17.3 Å². The molecule has 2 unspecified atom stereocenters. The zero-order valence-electron chi connectivity index (χ0n) is 13.3. The minimum Gasteiger partial charge on any atom is -0.464 e. The van der Waals surface area contributed by atoms with Gasteiger partial charge in [-0.05, 0) is 39.7 Å². The fourth-order valence-electron chi connectivity index (χ4n) is 3.09. The number of rotatable bonds is 6. The summed E-state index contributed by atoms with van der Waals surface area (Å²) < 4.78 is 33.2. The zero-order valence-corrected chi connectivity index (χ0v) is 14.2. The normalized spacial score (nSPS) is 23.8. The van der Waals surface area contributed by atoms with Gasteiger partial charge in [-0.25, -0.2) is 8.42 Å². The Kier molecular flexibility index (Phi) is 5.11. The van der Waals surface area contributed by atoms with Crippen molar-refractivity contribution in [3.63, 3.8) is 0 Å². The van der Waals surface area contributed by atoms with Gasteiger partial charge in [-0.15, -0.1) is 0 Å². The third-order valence-electron chi connectivity index (χ3n) is 4.21. The first-order valence-corrected chi connectivity index (χ1v) is 9.19. The molecule has 1 aromatic rings. The largest absolute Gasteiger partial charge is 0.464 e. The average molecular weight is 314 g/mol. The number of nitrogens with zero attached hydrogens (tertiary/aromatic N) is 1. The van der Waals surface area contributed by atoms with Gasteiger partial charge in [-0.2, -0.15) is 4.31 Å². The van der Waals surface area contributed by atoms with Crippen LogP contribution in [0.5, 0.6) is 0 Å². The molecule has 1 fully saturated rings. The van der Waals surface area contributed by atoms with Crippen LogP contribution < -0.4 is 5.32 Å². The highest BCUT2D eigenvalue weighted by Gasteiger charge is 2.40. The summed E-state index contributed by atoms with van der Waals surface area (Å²) in [6.45, 7) is 9.14. The van der Waals surface area contributed by atoms with E-state index in [-0.39, 0.29) is 12.1 Å². The lowest BCUT2D eigenvalue weighted by molar-refractivity contribution is 0.328. The summed E-state index contributed by atoms with van der Waals surface area (Å²) in [5.41, 5.74) is 0. The molecule has 0 spiro atoms. The van der Waals surface area contributed by atoms with Crippen molar-refractivity contribution in [3.05, 3.63) is 17.6 Å². The Bertz CT molecular complexity index is 580. The molecule has 2 rings (SSSR count). The molecule has 1 N–H and O–H groups in total. The first kappa shape index (κ1) is 16.5. The van der Waals surface area contributed by atoms with Crippen LogP contribution in [0.15, 0.2) is 15.4 Å². The highest BCUT2D eigenvalue weighted by molar-refractivity contribution is 7.89. The van der Waals surface area contributed by atoms with Crippen LogP contribution in [-0.4, -0.2) is 31.4 Å². The molecule has 21 heavy (non-hydrogen) atoms. The molecule has 1 aliphatic heterocycles. The van der Waals surface area contributed by atoms with E-state index in [4.69, 9.17) is 4.42 Å². The van der Waals surface area contributed by atoms with E-state index in [9.17, 15) is 8.42 Å². The maximum atomic E-state index is 13.0.